The van der Waals surface area contributed by atoms with Crippen LogP contribution in [0.1, 0.15) is 37.5 Å². The Morgan fingerprint density at radius 3 is 2.04 bits per heavy atom. The highest BCUT2D eigenvalue weighted by Crippen LogP contribution is 2.40. The van der Waals surface area contributed by atoms with Gasteiger partial charge in [-0.3, -0.25) is 0 Å². The van der Waals surface area contributed by atoms with Crippen molar-refractivity contribution in [3.8, 4) is 0 Å². The number of benzene rings is 1. The number of anilines is 1. The van der Waals surface area contributed by atoms with Gasteiger partial charge in [-0.2, -0.15) is 0 Å². The molecule has 5 heteroatoms. The van der Waals surface area contributed by atoms with Crippen LogP contribution in [0.15, 0.2) is 47.8 Å². The van der Waals surface area contributed by atoms with Crippen molar-refractivity contribution < 1.29 is 8.85 Å². The van der Waals surface area contributed by atoms with E-state index in [0.29, 0.717) is 5.92 Å². The van der Waals surface area contributed by atoms with Crippen molar-refractivity contribution in [2.75, 3.05) is 18.8 Å². The maximum Gasteiger partial charge on any atom is 0.592 e. The summed E-state index contributed by atoms with van der Waals surface area (Å²) < 4.78 is 17.0. The highest BCUT2D eigenvalue weighted by Gasteiger charge is 2.57. The topological polar surface area (TPSA) is 24.9 Å². The minimum atomic E-state index is -2.87. The van der Waals surface area contributed by atoms with Gasteiger partial charge < -0.3 is 18.0 Å². The van der Waals surface area contributed by atoms with Crippen molar-refractivity contribution in [2.45, 2.75) is 47.6 Å². The van der Waals surface area contributed by atoms with Gasteiger partial charge in [-0.25, -0.2) is 0 Å². The van der Waals surface area contributed by atoms with E-state index in [9.17, 15) is 0 Å². The molecule has 1 aliphatic carbocycles. The highest BCUT2D eigenvalue weighted by atomic mass is 28.4. The molecular weight excluding hydrogens is 352 g/mol. The van der Waals surface area contributed by atoms with Gasteiger partial charge in [0.15, 0.2) is 0 Å². The molecule has 0 aromatic heterocycles. The van der Waals surface area contributed by atoms with E-state index in [2.05, 4.69) is 87.4 Å². The zero-order valence-corrected chi connectivity index (χ0v) is 18.8. The van der Waals surface area contributed by atoms with E-state index in [1.165, 1.54) is 33.5 Å². The first-order valence-corrected chi connectivity index (χ1v) is 11.3. The van der Waals surface area contributed by atoms with E-state index in [4.69, 9.17) is 8.85 Å². The summed E-state index contributed by atoms with van der Waals surface area (Å²) in [6, 6.07) is 4.68. The monoisotopic (exact) mass is 384 g/mol. The lowest BCUT2D eigenvalue weighted by Crippen LogP contribution is -2.66. The van der Waals surface area contributed by atoms with Gasteiger partial charge >= 0.3 is 8.88 Å². The summed E-state index contributed by atoms with van der Waals surface area (Å²) in [6.45, 7) is 13.1. The average molecular weight is 385 g/mol. The zero-order valence-electron chi connectivity index (χ0n) is 17.8. The Balaban J connectivity index is 2.09. The lowest BCUT2D eigenvalue weighted by molar-refractivity contribution is 0.169. The standard InChI is InChI=1S/C22H32N2O2Si/c1-15-11-17(3)21(18(4)12-15)23-9-10-24(27(23,25-7)26-8)22-19(5)13-16(2)14-20(22)6/h9-14,17,21H,1-8H3. The first-order valence-electron chi connectivity index (χ1n) is 9.56. The van der Waals surface area contributed by atoms with Crippen LogP contribution in [0.3, 0.4) is 0 Å². The van der Waals surface area contributed by atoms with Crippen LogP contribution in [-0.4, -0.2) is 33.7 Å². The van der Waals surface area contributed by atoms with Crippen LogP contribution in [-0.2, 0) is 8.85 Å². The molecule has 3 rings (SSSR count). The third kappa shape index (κ3) is 3.18. The SMILES string of the molecule is CO[Si]1(OC)N(c2c(C)cc(C)cc2C)C=CN1C1C(C)=CC(C)=CC1C. The van der Waals surface area contributed by atoms with E-state index >= 15 is 0 Å². The first-order chi connectivity index (χ1) is 12.7. The molecule has 0 saturated carbocycles. The number of rotatable bonds is 4. The second-order valence-electron chi connectivity index (χ2n) is 7.88. The largest absolute Gasteiger partial charge is 0.592 e. The lowest BCUT2D eigenvalue weighted by Gasteiger charge is -2.45. The summed E-state index contributed by atoms with van der Waals surface area (Å²) in [5.41, 5.74) is 7.61. The van der Waals surface area contributed by atoms with Crippen LogP contribution in [0, 0.1) is 26.7 Å². The minimum Gasteiger partial charge on any atom is -0.365 e. The summed E-state index contributed by atoms with van der Waals surface area (Å²) in [7, 11) is 0.678. The van der Waals surface area contributed by atoms with Crippen molar-refractivity contribution in [1.29, 1.82) is 0 Å². The number of hydrogen-bond donors (Lipinski definition) is 0. The van der Waals surface area contributed by atoms with Gasteiger partial charge in [-0.15, -0.1) is 0 Å². The van der Waals surface area contributed by atoms with Crippen molar-refractivity contribution in [1.82, 2.24) is 4.57 Å². The Hall–Kier alpha value is -1.82. The summed E-state index contributed by atoms with van der Waals surface area (Å²) in [4.78, 5) is 0. The predicted octanol–water partition coefficient (Wildman–Crippen LogP) is 4.84. The number of nitrogens with zero attached hydrogens (tertiary/aromatic N) is 2. The van der Waals surface area contributed by atoms with E-state index in [0.717, 1.165) is 0 Å². The summed E-state index contributed by atoms with van der Waals surface area (Å²) in [6.07, 6.45) is 8.90. The molecule has 1 aliphatic heterocycles. The van der Waals surface area contributed by atoms with Crippen LogP contribution in [0.4, 0.5) is 5.69 Å². The van der Waals surface area contributed by atoms with Crippen LogP contribution in [0.5, 0.6) is 0 Å². The Morgan fingerprint density at radius 1 is 0.926 bits per heavy atom. The smallest absolute Gasteiger partial charge is 0.365 e. The van der Waals surface area contributed by atoms with Crippen molar-refractivity contribution in [3.05, 3.63) is 64.5 Å². The molecule has 1 aromatic carbocycles. The fourth-order valence-electron chi connectivity index (χ4n) is 4.86. The lowest BCUT2D eigenvalue weighted by atomic mass is 9.88. The molecule has 0 radical (unpaired) electrons. The first kappa shape index (κ1) is 19.9. The van der Waals surface area contributed by atoms with Crippen molar-refractivity contribution >= 4 is 14.6 Å². The number of allylic oxidation sites excluding steroid dienone is 2. The second-order valence-corrected chi connectivity index (χ2v) is 10.8. The van der Waals surface area contributed by atoms with Crippen LogP contribution in [0.25, 0.3) is 0 Å². The molecule has 0 amide bonds. The fraction of sp³-hybridized carbons (Fsp3) is 0.455. The van der Waals surface area contributed by atoms with Gasteiger partial charge in [-0.05, 0) is 51.7 Å². The number of aryl methyl sites for hydroxylation is 3. The van der Waals surface area contributed by atoms with Crippen molar-refractivity contribution in [2.24, 2.45) is 5.92 Å². The maximum atomic E-state index is 6.20. The number of hydrogen-bond acceptors (Lipinski definition) is 4. The molecule has 27 heavy (non-hydrogen) atoms. The molecule has 0 bridgehead atoms. The van der Waals surface area contributed by atoms with Crippen LogP contribution < -0.4 is 4.57 Å². The van der Waals surface area contributed by atoms with Crippen molar-refractivity contribution in [3.63, 3.8) is 0 Å². The molecule has 0 spiro atoms. The van der Waals surface area contributed by atoms with E-state index < -0.39 is 8.88 Å². The molecule has 1 aromatic rings. The highest BCUT2D eigenvalue weighted by molar-refractivity contribution is 6.70. The zero-order chi connectivity index (χ0) is 19.9. The maximum absolute atomic E-state index is 6.20. The molecular formula is C22H32N2O2Si. The van der Waals surface area contributed by atoms with E-state index in [1.807, 2.05) is 0 Å². The summed E-state index contributed by atoms with van der Waals surface area (Å²) in [5, 5.41) is 0. The third-order valence-corrected chi connectivity index (χ3v) is 8.79. The van der Waals surface area contributed by atoms with Gasteiger partial charge in [-0.1, -0.05) is 47.9 Å². The summed E-state index contributed by atoms with van der Waals surface area (Å²) >= 11 is 0. The quantitative estimate of drug-likeness (QED) is 0.693. The predicted molar refractivity (Wildman–Crippen MR) is 114 cm³/mol. The third-order valence-electron chi connectivity index (χ3n) is 5.66. The normalized spacial score (nSPS) is 24.3. The Labute approximate surface area is 165 Å². The fourth-order valence-corrected chi connectivity index (χ4v) is 8.03. The van der Waals surface area contributed by atoms with Crippen LogP contribution in [0.2, 0.25) is 0 Å². The Morgan fingerprint density at radius 2 is 1.52 bits per heavy atom. The van der Waals surface area contributed by atoms with Gasteiger partial charge in [0, 0.05) is 32.3 Å². The molecule has 1 heterocycles. The Bertz CT molecular complexity index is 801. The minimum absolute atomic E-state index is 0.229. The molecule has 4 nitrogen and oxygen atoms in total. The van der Waals surface area contributed by atoms with E-state index in [-0.39, 0.29) is 6.04 Å². The molecule has 2 unspecified atom stereocenters. The second kappa shape index (κ2) is 7.30. The van der Waals surface area contributed by atoms with Crippen LogP contribution >= 0.6 is 0 Å². The molecule has 0 N–H and O–H groups in total. The van der Waals surface area contributed by atoms with Gasteiger partial charge in [0.05, 0.1) is 6.04 Å². The molecule has 0 saturated heterocycles. The Kier molecular flexibility index (Phi) is 5.39. The average Bonchev–Trinajstić information content (AvgIpc) is 2.92. The van der Waals surface area contributed by atoms with Gasteiger partial charge in [0.1, 0.15) is 0 Å². The summed E-state index contributed by atoms with van der Waals surface area (Å²) in [5.74, 6) is 0.386. The van der Waals surface area contributed by atoms with Gasteiger partial charge in [0.25, 0.3) is 0 Å². The molecule has 146 valence electrons. The van der Waals surface area contributed by atoms with E-state index in [1.54, 1.807) is 14.2 Å². The van der Waals surface area contributed by atoms with Gasteiger partial charge in [0.2, 0.25) is 0 Å². The molecule has 0 fully saturated rings. The molecule has 2 atom stereocenters. The molecule has 2 aliphatic rings.